The number of ketones is 1. The minimum atomic E-state index is -0.505. The lowest BCUT2D eigenvalue weighted by molar-refractivity contribution is -0.385. The number of nitro groups is 1. The molecule has 0 radical (unpaired) electrons. The van der Waals surface area contributed by atoms with Gasteiger partial charge in [-0.3, -0.25) is 14.9 Å². The van der Waals surface area contributed by atoms with Crippen LogP contribution in [0.5, 0.6) is 0 Å². The molecule has 0 fully saturated rings. The number of hydrogen-bond donors (Lipinski definition) is 0. The average molecular weight is 191 g/mol. The van der Waals surface area contributed by atoms with Gasteiger partial charge in [-0.25, -0.2) is 0 Å². The first-order chi connectivity index (χ1) is 6.56. The van der Waals surface area contributed by atoms with E-state index >= 15 is 0 Å². The molecule has 14 heavy (non-hydrogen) atoms. The van der Waals surface area contributed by atoms with Crippen LogP contribution in [0, 0.1) is 17.0 Å². The molecule has 0 aliphatic carbocycles. The zero-order chi connectivity index (χ0) is 10.7. The van der Waals surface area contributed by atoms with Crippen molar-refractivity contribution in [2.45, 2.75) is 6.92 Å². The Balaban J connectivity index is 3.25. The molecular formula is C10H9NO3. The van der Waals surface area contributed by atoms with E-state index in [9.17, 15) is 14.9 Å². The van der Waals surface area contributed by atoms with Crippen molar-refractivity contribution in [2.75, 3.05) is 0 Å². The first kappa shape index (κ1) is 10.1. The fraction of sp³-hybridized carbons (Fsp3) is 0.100. The van der Waals surface area contributed by atoms with Gasteiger partial charge in [0.05, 0.1) is 4.92 Å². The van der Waals surface area contributed by atoms with Crippen molar-refractivity contribution in [1.82, 2.24) is 0 Å². The molecule has 0 atom stereocenters. The Morgan fingerprint density at radius 1 is 1.57 bits per heavy atom. The van der Waals surface area contributed by atoms with Crippen LogP contribution >= 0.6 is 0 Å². The lowest BCUT2D eigenvalue weighted by Crippen LogP contribution is -1.97. The Morgan fingerprint density at radius 3 is 2.71 bits per heavy atom. The van der Waals surface area contributed by atoms with E-state index in [-0.39, 0.29) is 17.0 Å². The van der Waals surface area contributed by atoms with E-state index in [0.717, 1.165) is 6.08 Å². The molecule has 1 rings (SSSR count). The Hall–Kier alpha value is -1.97. The topological polar surface area (TPSA) is 60.2 Å². The molecule has 72 valence electrons. The first-order valence-electron chi connectivity index (χ1n) is 3.98. The molecule has 0 aliphatic rings. The van der Waals surface area contributed by atoms with Gasteiger partial charge in [0.15, 0.2) is 5.78 Å². The van der Waals surface area contributed by atoms with E-state index in [4.69, 9.17) is 0 Å². The molecule has 1 aromatic rings. The zero-order valence-electron chi connectivity index (χ0n) is 7.69. The molecule has 4 nitrogen and oxygen atoms in total. The number of benzene rings is 1. The Morgan fingerprint density at radius 2 is 2.21 bits per heavy atom. The third-order valence-corrected chi connectivity index (χ3v) is 1.88. The molecule has 0 saturated carbocycles. The van der Waals surface area contributed by atoms with E-state index in [1.54, 1.807) is 19.1 Å². The summed E-state index contributed by atoms with van der Waals surface area (Å²) in [6.07, 6.45) is 1.13. The molecule has 0 aliphatic heterocycles. The third-order valence-electron chi connectivity index (χ3n) is 1.88. The van der Waals surface area contributed by atoms with Crippen LogP contribution in [0.3, 0.4) is 0 Å². The summed E-state index contributed by atoms with van der Waals surface area (Å²) < 4.78 is 0. The summed E-state index contributed by atoms with van der Waals surface area (Å²) >= 11 is 0. The molecule has 0 spiro atoms. The van der Waals surface area contributed by atoms with E-state index in [1.807, 2.05) is 0 Å². The molecule has 0 unspecified atom stereocenters. The maximum absolute atomic E-state index is 11.2. The molecule has 0 aromatic heterocycles. The van der Waals surface area contributed by atoms with Crippen LogP contribution in [-0.2, 0) is 0 Å². The molecule has 0 amide bonds. The second-order valence-corrected chi connectivity index (χ2v) is 2.83. The highest BCUT2D eigenvalue weighted by Gasteiger charge is 2.12. The van der Waals surface area contributed by atoms with Gasteiger partial charge in [-0.2, -0.15) is 0 Å². The summed E-state index contributed by atoms with van der Waals surface area (Å²) in [7, 11) is 0. The van der Waals surface area contributed by atoms with E-state index in [2.05, 4.69) is 6.58 Å². The van der Waals surface area contributed by atoms with Crippen LogP contribution in [0.2, 0.25) is 0 Å². The fourth-order valence-electron chi connectivity index (χ4n) is 1.08. The minimum Gasteiger partial charge on any atom is -0.289 e. The Bertz CT molecular complexity index is 410. The van der Waals surface area contributed by atoms with Crippen molar-refractivity contribution in [3.8, 4) is 0 Å². The summed E-state index contributed by atoms with van der Waals surface area (Å²) in [5, 5.41) is 10.6. The first-order valence-corrected chi connectivity index (χ1v) is 3.98. The number of carbonyl (C=O) groups excluding carboxylic acids is 1. The number of rotatable bonds is 3. The van der Waals surface area contributed by atoms with Crippen molar-refractivity contribution in [3.05, 3.63) is 52.1 Å². The quantitative estimate of drug-likeness (QED) is 0.318. The normalized spacial score (nSPS) is 9.50. The van der Waals surface area contributed by atoms with Gasteiger partial charge in [0.25, 0.3) is 5.69 Å². The van der Waals surface area contributed by atoms with Gasteiger partial charge in [-0.15, -0.1) is 0 Å². The number of aryl methyl sites for hydroxylation is 1. The summed E-state index contributed by atoms with van der Waals surface area (Å²) in [6.45, 7) is 4.94. The fourth-order valence-corrected chi connectivity index (χ4v) is 1.08. The smallest absolute Gasteiger partial charge is 0.273 e. The van der Waals surface area contributed by atoms with Gasteiger partial charge in [0.1, 0.15) is 0 Å². The van der Waals surface area contributed by atoms with E-state index in [1.165, 1.54) is 6.07 Å². The van der Waals surface area contributed by atoms with Crippen LogP contribution in [0.25, 0.3) is 0 Å². The SMILES string of the molecule is C=CC(=O)c1ccc(C)c([N+](=O)[O-])c1. The predicted molar refractivity (Wildman–Crippen MR) is 52.4 cm³/mol. The van der Waals surface area contributed by atoms with Crippen LogP contribution in [0.1, 0.15) is 15.9 Å². The summed E-state index contributed by atoms with van der Waals surface area (Å²) in [4.78, 5) is 21.2. The second kappa shape index (κ2) is 3.83. The molecular weight excluding hydrogens is 182 g/mol. The Kier molecular flexibility index (Phi) is 2.76. The second-order valence-electron chi connectivity index (χ2n) is 2.83. The van der Waals surface area contributed by atoms with Gasteiger partial charge in [0, 0.05) is 17.2 Å². The van der Waals surface area contributed by atoms with Gasteiger partial charge in [-0.1, -0.05) is 18.7 Å². The van der Waals surface area contributed by atoms with Crippen LogP contribution in [0.4, 0.5) is 5.69 Å². The number of allylic oxidation sites excluding steroid dienone is 1. The van der Waals surface area contributed by atoms with Crippen molar-refractivity contribution < 1.29 is 9.72 Å². The van der Waals surface area contributed by atoms with Crippen molar-refractivity contribution in [1.29, 1.82) is 0 Å². The summed E-state index contributed by atoms with van der Waals surface area (Å²) in [5.41, 5.74) is 0.783. The highest BCUT2D eigenvalue weighted by atomic mass is 16.6. The third kappa shape index (κ3) is 1.85. The zero-order valence-corrected chi connectivity index (χ0v) is 7.69. The van der Waals surface area contributed by atoms with Gasteiger partial charge in [0.2, 0.25) is 0 Å². The lowest BCUT2D eigenvalue weighted by Gasteiger charge is -1.99. The van der Waals surface area contributed by atoms with Crippen LogP contribution in [0.15, 0.2) is 30.9 Å². The lowest BCUT2D eigenvalue weighted by atomic mass is 10.1. The van der Waals surface area contributed by atoms with Gasteiger partial charge >= 0.3 is 0 Å². The van der Waals surface area contributed by atoms with Gasteiger partial charge < -0.3 is 0 Å². The van der Waals surface area contributed by atoms with Crippen LogP contribution in [-0.4, -0.2) is 10.7 Å². The summed E-state index contributed by atoms with van der Waals surface area (Å²) in [6, 6.07) is 4.36. The number of hydrogen-bond acceptors (Lipinski definition) is 3. The molecule has 0 bridgehead atoms. The number of nitro benzene ring substituents is 1. The van der Waals surface area contributed by atoms with Gasteiger partial charge in [-0.05, 0) is 13.0 Å². The number of carbonyl (C=O) groups is 1. The van der Waals surface area contributed by atoms with E-state index in [0.29, 0.717) is 5.56 Å². The summed E-state index contributed by atoms with van der Waals surface area (Å²) in [5.74, 6) is -0.312. The predicted octanol–water partition coefficient (Wildman–Crippen LogP) is 2.27. The van der Waals surface area contributed by atoms with Crippen molar-refractivity contribution in [3.63, 3.8) is 0 Å². The van der Waals surface area contributed by atoms with Crippen molar-refractivity contribution >= 4 is 11.5 Å². The minimum absolute atomic E-state index is 0.0438. The highest BCUT2D eigenvalue weighted by molar-refractivity contribution is 6.04. The molecule has 0 N–H and O–H groups in total. The largest absolute Gasteiger partial charge is 0.289 e. The van der Waals surface area contributed by atoms with Crippen LogP contribution < -0.4 is 0 Å². The highest BCUT2D eigenvalue weighted by Crippen LogP contribution is 2.19. The molecule has 4 heteroatoms. The Labute approximate surface area is 81.0 Å². The van der Waals surface area contributed by atoms with E-state index < -0.39 is 4.92 Å². The maximum atomic E-state index is 11.2. The standard InChI is InChI=1S/C10H9NO3/c1-3-10(12)8-5-4-7(2)9(6-8)11(13)14/h3-6H,1H2,2H3. The molecule has 0 saturated heterocycles. The molecule has 1 aromatic carbocycles. The molecule has 0 heterocycles. The number of nitrogens with zero attached hydrogens (tertiary/aromatic N) is 1. The average Bonchev–Trinajstić information content (AvgIpc) is 2.17. The maximum Gasteiger partial charge on any atom is 0.273 e. The van der Waals surface area contributed by atoms with Crippen molar-refractivity contribution in [2.24, 2.45) is 0 Å². The monoisotopic (exact) mass is 191 g/mol.